The van der Waals surface area contributed by atoms with E-state index in [4.69, 9.17) is 22.1 Å². The van der Waals surface area contributed by atoms with E-state index in [-0.39, 0.29) is 5.95 Å². The number of benzene rings is 1. The quantitative estimate of drug-likeness (QED) is 0.780. The molecule has 2 heterocycles. The molecule has 6 heteroatoms. The molecule has 0 amide bonds. The standard InChI is InChI=1S/C13H11ClN4O/c1-19-11-6-5-8(14)7-9(11)10-3-2-4-12-16-13(15)17-18(10)12/h2-7H,1H3,(H2,15,17). The van der Waals surface area contributed by atoms with Crippen molar-refractivity contribution < 1.29 is 4.74 Å². The molecule has 0 unspecified atom stereocenters. The number of halogens is 1. The summed E-state index contributed by atoms with van der Waals surface area (Å²) in [6.07, 6.45) is 0. The molecule has 0 aliphatic carbocycles. The number of hydrogen-bond acceptors (Lipinski definition) is 4. The third-order valence-corrected chi connectivity index (χ3v) is 3.05. The number of nitrogen functional groups attached to an aromatic ring is 1. The lowest BCUT2D eigenvalue weighted by atomic mass is 10.1. The highest BCUT2D eigenvalue weighted by molar-refractivity contribution is 6.30. The summed E-state index contributed by atoms with van der Waals surface area (Å²) in [5, 5.41) is 4.81. The minimum absolute atomic E-state index is 0.230. The van der Waals surface area contributed by atoms with E-state index in [0.29, 0.717) is 16.4 Å². The van der Waals surface area contributed by atoms with Crippen molar-refractivity contribution in [3.63, 3.8) is 0 Å². The normalized spacial score (nSPS) is 10.8. The van der Waals surface area contributed by atoms with Crippen LogP contribution in [0.1, 0.15) is 0 Å². The lowest BCUT2D eigenvalue weighted by Crippen LogP contribution is -1.97. The Morgan fingerprint density at radius 1 is 1.26 bits per heavy atom. The van der Waals surface area contributed by atoms with Crippen LogP contribution in [0, 0.1) is 0 Å². The van der Waals surface area contributed by atoms with Gasteiger partial charge in [0.2, 0.25) is 5.95 Å². The summed E-state index contributed by atoms with van der Waals surface area (Å²) in [5.74, 6) is 0.944. The molecule has 2 aromatic heterocycles. The van der Waals surface area contributed by atoms with Crippen LogP contribution in [-0.4, -0.2) is 21.7 Å². The van der Waals surface area contributed by atoms with Crippen molar-refractivity contribution in [2.45, 2.75) is 0 Å². The third kappa shape index (κ3) is 1.98. The topological polar surface area (TPSA) is 65.4 Å². The number of ether oxygens (including phenoxy) is 1. The second-order valence-corrected chi connectivity index (χ2v) is 4.43. The molecule has 3 aromatic rings. The van der Waals surface area contributed by atoms with Gasteiger partial charge in [0.25, 0.3) is 0 Å². The Morgan fingerprint density at radius 3 is 2.89 bits per heavy atom. The van der Waals surface area contributed by atoms with Crippen molar-refractivity contribution in [1.82, 2.24) is 14.6 Å². The summed E-state index contributed by atoms with van der Waals surface area (Å²) in [5.41, 5.74) is 7.97. The summed E-state index contributed by atoms with van der Waals surface area (Å²) in [6.45, 7) is 0. The molecule has 19 heavy (non-hydrogen) atoms. The predicted molar refractivity (Wildman–Crippen MR) is 74.4 cm³/mol. The minimum atomic E-state index is 0.230. The molecule has 0 bridgehead atoms. The van der Waals surface area contributed by atoms with Crippen LogP contribution >= 0.6 is 11.6 Å². The summed E-state index contributed by atoms with van der Waals surface area (Å²) in [7, 11) is 1.61. The van der Waals surface area contributed by atoms with E-state index in [2.05, 4.69) is 10.1 Å². The second-order valence-electron chi connectivity index (χ2n) is 4.00. The third-order valence-electron chi connectivity index (χ3n) is 2.81. The van der Waals surface area contributed by atoms with E-state index in [1.165, 1.54) is 0 Å². The molecular weight excluding hydrogens is 264 g/mol. The van der Waals surface area contributed by atoms with E-state index >= 15 is 0 Å². The Hall–Kier alpha value is -2.27. The predicted octanol–water partition coefficient (Wildman–Crippen LogP) is 2.64. The number of nitrogens with zero attached hydrogens (tertiary/aromatic N) is 3. The lowest BCUT2D eigenvalue weighted by molar-refractivity contribution is 0.416. The molecule has 0 spiro atoms. The fraction of sp³-hybridized carbons (Fsp3) is 0.0769. The van der Waals surface area contributed by atoms with Crippen molar-refractivity contribution in [2.75, 3.05) is 12.8 Å². The molecule has 96 valence electrons. The zero-order chi connectivity index (χ0) is 13.4. The van der Waals surface area contributed by atoms with Crippen LogP contribution in [-0.2, 0) is 0 Å². The van der Waals surface area contributed by atoms with E-state index in [0.717, 1.165) is 11.3 Å². The Bertz CT molecular complexity index is 753. The minimum Gasteiger partial charge on any atom is -0.496 e. The number of rotatable bonds is 2. The highest BCUT2D eigenvalue weighted by Gasteiger charge is 2.12. The van der Waals surface area contributed by atoms with Gasteiger partial charge in [-0.2, -0.15) is 4.98 Å². The number of pyridine rings is 1. The highest BCUT2D eigenvalue weighted by Crippen LogP contribution is 2.32. The number of fused-ring (bicyclic) bond motifs is 1. The van der Waals surface area contributed by atoms with E-state index in [9.17, 15) is 0 Å². The van der Waals surface area contributed by atoms with Crippen LogP contribution in [0.2, 0.25) is 5.02 Å². The highest BCUT2D eigenvalue weighted by atomic mass is 35.5. The van der Waals surface area contributed by atoms with Gasteiger partial charge in [-0.15, -0.1) is 5.10 Å². The van der Waals surface area contributed by atoms with Crippen LogP contribution < -0.4 is 10.5 Å². The molecule has 0 saturated heterocycles. The van der Waals surface area contributed by atoms with E-state index in [1.54, 1.807) is 17.7 Å². The number of methoxy groups -OCH3 is 1. The van der Waals surface area contributed by atoms with Crippen LogP contribution in [0.15, 0.2) is 36.4 Å². The first kappa shape index (κ1) is 11.8. The van der Waals surface area contributed by atoms with Crippen molar-refractivity contribution in [2.24, 2.45) is 0 Å². The van der Waals surface area contributed by atoms with E-state index in [1.807, 2.05) is 30.3 Å². The maximum absolute atomic E-state index is 6.05. The molecule has 0 atom stereocenters. The van der Waals surface area contributed by atoms with Gasteiger partial charge in [-0.1, -0.05) is 17.7 Å². The van der Waals surface area contributed by atoms with Crippen LogP contribution in [0.5, 0.6) is 5.75 Å². The first-order valence-electron chi connectivity index (χ1n) is 5.64. The van der Waals surface area contributed by atoms with Crippen LogP contribution in [0.3, 0.4) is 0 Å². The molecule has 0 aliphatic rings. The number of nitrogens with two attached hydrogens (primary N) is 1. The second kappa shape index (κ2) is 4.44. The van der Waals surface area contributed by atoms with E-state index < -0.39 is 0 Å². The van der Waals surface area contributed by atoms with Gasteiger partial charge in [0, 0.05) is 10.6 Å². The van der Waals surface area contributed by atoms with Gasteiger partial charge in [0.1, 0.15) is 5.75 Å². The maximum Gasteiger partial charge on any atom is 0.240 e. The average molecular weight is 275 g/mol. The molecule has 2 N–H and O–H groups in total. The summed E-state index contributed by atoms with van der Waals surface area (Å²) < 4.78 is 7.03. The van der Waals surface area contributed by atoms with Gasteiger partial charge in [-0.05, 0) is 30.3 Å². The molecule has 0 fully saturated rings. The van der Waals surface area contributed by atoms with Crippen molar-refractivity contribution >= 4 is 23.2 Å². The summed E-state index contributed by atoms with van der Waals surface area (Å²) >= 11 is 6.05. The van der Waals surface area contributed by atoms with Gasteiger partial charge >= 0.3 is 0 Å². The Morgan fingerprint density at radius 2 is 2.11 bits per heavy atom. The van der Waals surface area contributed by atoms with Crippen molar-refractivity contribution in [3.05, 3.63) is 41.4 Å². The average Bonchev–Trinajstić information content (AvgIpc) is 2.78. The fourth-order valence-electron chi connectivity index (χ4n) is 2.01. The molecule has 0 aliphatic heterocycles. The zero-order valence-corrected chi connectivity index (χ0v) is 10.9. The van der Waals surface area contributed by atoms with Crippen LogP contribution in [0.4, 0.5) is 5.95 Å². The lowest BCUT2D eigenvalue weighted by Gasteiger charge is -2.10. The first-order valence-corrected chi connectivity index (χ1v) is 6.02. The van der Waals surface area contributed by atoms with Crippen molar-refractivity contribution in [1.29, 1.82) is 0 Å². The summed E-state index contributed by atoms with van der Waals surface area (Å²) in [6, 6.07) is 11.1. The number of hydrogen-bond donors (Lipinski definition) is 1. The van der Waals surface area contributed by atoms with Gasteiger partial charge in [0.15, 0.2) is 5.65 Å². The molecule has 0 saturated carbocycles. The molecule has 0 radical (unpaired) electrons. The first-order chi connectivity index (χ1) is 9.19. The molecule has 3 rings (SSSR count). The van der Waals surface area contributed by atoms with Crippen molar-refractivity contribution in [3.8, 4) is 17.0 Å². The van der Waals surface area contributed by atoms with Crippen LogP contribution in [0.25, 0.3) is 16.9 Å². The largest absolute Gasteiger partial charge is 0.496 e. The Labute approximate surface area is 114 Å². The molecular formula is C13H11ClN4O. The fourth-order valence-corrected chi connectivity index (χ4v) is 2.18. The van der Waals surface area contributed by atoms with Gasteiger partial charge < -0.3 is 10.5 Å². The smallest absolute Gasteiger partial charge is 0.240 e. The molecule has 1 aromatic carbocycles. The Kier molecular flexibility index (Phi) is 2.76. The number of aromatic nitrogens is 3. The van der Waals surface area contributed by atoms with Gasteiger partial charge in [-0.3, -0.25) is 0 Å². The van der Waals surface area contributed by atoms with Gasteiger partial charge in [0.05, 0.1) is 12.8 Å². The SMILES string of the molecule is COc1ccc(Cl)cc1-c1cccc2nc(N)nn12. The zero-order valence-electron chi connectivity index (χ0n) is 10.2. The molecule has 5 nitrogen and oxygen atoms in total. The maximum atomic E-state index is 6.05. The van der Waals surface area contributed by atoms with Gasteiger partial charge in [-0.25, -0.2) is 4.52 Å². The Balaban J connectivity index is 2.32. The summed E-state index contributed by atoms with van der Waals surface area (Å²) in [4.78, 5) is 4.13. The monoisotopic (exact) mass is 274 g/mol. The number of anilines is 1.